The van der Waals surface area contributed by atoms with E-state index in [1.54, 1.807) is 36.4 Å². The summed E-state index contributed by atoms with van der Waals surface area (Å²) in [6.07, 6.45) is 0.178. The van der Waals surface area contributed by atoms with Crippen LogP contribution in [0.1, 0.15) is 6.42 Å². The fourth-order valence-electron chi connectivity index (χ4n) is 4.47. The van der Waals surface area contributed by atoms with Gasteiger partial charge in [0.05, 0.1) is 23.8 Å². The molecule has 1 atom stereocenters. The largest absolute Gasteiger partial charge is 0.506 e. The maximum Gasteiger partial charge on any atom is 0.251 e. The van der Waals surface area contributed by atoms with Crippen LogP contribution in [0.25, 0.3) is 0 Å². The fraction of sp³-hybridized carbons (Fsp3) is 0.231. The number of ether oxygens (including phenoxy) is 1. The molecule has 0 bridgehead atoms. The molecule has 0 radical (unpaired) electrons. The van der Waals surface area contributed by atoms with E-state index in [0.29, 0.717) is 37.6 Å². The number of phenols is 1. The number of hydrogen-bond acceptors (Lipinski definition) is 6. The molecule has 5 rings (SSSR count). The van der Waals surface area contributed by atoms with E-state index in [9.17, 15) is 14.7 Å². The van der Waals surface area contributed by atoms with Crippen molar-refractivity contribution in [3.63, 3.8) is 0 Å². The molecule has 3 aromatic rings. The third kappa shape index (κ3) is 4.27. The first-order valence-corrected chi connectivity index (χ1v) is 11.1. The molecule has 33 heavy (non-hydrogen) atoms. The van der Waals surface area contributed by atoms with Gasteiger partial charge < -0.3 is 14.7 Å². The molecule has 2 heterocycles. The van der Waals surface area contributed by atoms with Crippen LogP contribution in [0.2, 0.25) is 0 Å². The quantitative estimate of drug-likeness (QED) is 0.607. The molecule has 7 nitrogen and oxygen atoms in total. The van der Waals surface area contributed by atoms with Crippen molar-refractivity contribution in [3.05, 3.63) is 78.9 Å². The molecule has 1 N–H and O–H groups in total. The minimum Gasteiger partial charge on any atom is -0.506 e. The number of phenolic OH excluding ortho intramolecular Hbond substituents is 1. The number of aromatic hydroxyl groups is 1. The van der Waals surface area contributed by atoms with Gasteiger partial charge in [0.25, 0.3) is 5.91 Å². The maximum absolute atomic E-state index is 13.2. The molecule has 2 aliphatic rings. The Balaban J connectivity index is 1.24. The Bertz CT molecular complexity index is 1140. The Labute approximate surface area is 192 Å². The number of rotatable bonds is 5. The van der Waals surface area contributed by atoms with Crippen molar-refractivity contribution in [3.8, 4) is 17.2 Å². The van der Waals surface area contributed by atoms with Gasteiger partial charge in [0.15, 0.2) is 0 Å². The van der Waals surface area contributed by atoms with E-state index in [-0.39, 0.29) is 24.0 Å². The van der Waals surface area contributed by atoms with E-state index in [1.165, 1.54) is 4.90 Å². The van der Waals surface area contributed by atoms with E-state index >= 15 is 0 Å². The third-order valence-electron chi connectivity index (χ3n) is 6.17. The molecule has 0 unspecified atom stereocenters. The Morgan fingerprint density at radius 1 is 0.758 bits per heavy atom. The van der Waals surface area contributed by atoms with Gasteiger partial charge in [-0.2, -0.15) is 0 Å². The number of amides is 2. The van der Waals surface area contributed by atoms with Crippen molar-refractivity contribution in [2.24, 2.45) is 0 Å². The van der Waals surface area contributed by atoms with Crippen LogP contribution in [0, 0.1) is 0 Å². The summed E-state index contributed by atoms with van der Waals surface area (Å²) in [6.45, 7) is 2.66. The van der Waals surface area contributed by atoms with Gasteiger partial charge >= 0.3 is 0 Å². The first-order valence-electron chi connectivity index (χ1n) is 11.1. The predicted octanol–water partition coefficient (Wildman–Crippen LogP) is 3.64. The molecule has 2 fully saturated rings. The van der Waals surface area contributed by atoms with Gasteiger partial charge in [-0.05, 0) is 48.5 Å². The number of para-hydroxylation sites is 3. The lowest BCUT2D eigenvalue weighted by molar-refractivity contribution is -0.123. The van der Waals surface area contributed by atoms with Gasteiger partial charge in [0, 0.05) is 26.2 Å². The summed E-state index contributed by atoms with van der Waals surface area (Å²) in [6, 6.07) is 23.3. The van der Waals surface area contributed by atoms with Gasteiger partial charge in [-0.3, -0.25) is 14.5 Å². The summed E-state index contributed by atoms with van der Waals surface area (Å²) >= 11 is 0. The number of hydrogen-bond donors (Lipinski definition) is 1. The van der Waals surface area contributed by atoms with Crippen LogP contribution in [0.15, 0.2) is 78.9 Å². The lowest BCUT2D eigenvalue weighted by Crippen LogP contribution is -2.52. The van der Waals surface area contributed by atoms with Gasteiger partial charge in [0.2, 0.25) is 5.91 Å². The highest BCUT2D eigenvalue weighted by atomic mass is 16.5. The highest BCUT2D eigenvalue weighted by Crippen LogP contribution is 2.31. The molecule has 2 saturated heterocycles. The Hall–Kier alpha value is -3.84. The first-order chi connectivity index (χ1) is 16.1. The summed E-state index contributed by atoms with van der Waals surface area (Å²) in [5.74, 6) is 1.24. The molecule has 0 saturated carbocycles. The van der Waals surface area contributed by atoms with Gasteiger partial charge in [0.1, 0.15) is 17.2 Å². The molecule has 0 aromatic heterocycles. The van der Waals surface area contributed by atoms with Crippen molar-refractivity contribution >= 4 is 23.2 Å². The van der Waals surface area contributed by atoms with Gasteiger partial charge in [-0.1, -0.05) is 30.3 Å². The lowest BCUT2D eigenvalue weighted by Gasteiger charge is -2.38. The summed E-state index contributed by atoms with van der Waals surface area (Å²) < 4.78 is 5.80. The summed E-state index contributed by atoms with van der Waals surface area (Å²) in [5.41, 5.74) is 1.35. The van der Waals surface area contributed by atoms with Crippen LogP contribution >= 0.6 is 0 Å². The van der Waals surface area contributed by atoms with Crippen molar-refractivity contribution in [2.75, 3.05) is 36.0 Å². The molecule has 3 aromatic carbocycles. The normalized spacial score (nSPS) is 19.2. The smallest absolute Gasteiger partial charge is 0.251 e. The van der Waals surface area contributed by atoms with Crippen molar-refractivity contribution in [1.82, 2.24) is 4.90 Å². The average Bonchev–Trinajstić information content (AvgIpc) is 3.14. The second-order valence-corrected chi connectivity index (χ2v) is 8.21. The van der Waals surface area contributed by atoms with E-state index in [1.807, 2.05) is 42.5 Å². The zero-order chi connectivity index (χ0) is 22.8. The highest BCUT2D eigenvalue weighted by Gasteiger charge is 2.43. The first kappa shape index (κ1) is 21.0. The number of carbonyl (C=O) groups is 2. The van der Waals surface area contributed by atoms with E-state index in [4.69, 9.17) is 4.74 Å². The molecule has 7 heteroatoms. The van der Waals surface area contributed by atoms with Crippen molar-refractivity contribution < 1.29 is 19.4 Å². The number of benzene rings is 3. The molecule has 2 aliphatic heterocycles. The lowest BCUT2D eigenvalue weighted by atomic mass is 10.1. The van der Waals surface area contributed by atoms with Crippen LogP contribution in [-0.2, 0) is 9.59 Å². The zero-order valence-electron chi connectivity index (χ0n) is 18.1. The number of imide groups is 1. The van der Waals surface area contributed by atoms with E-state index in [0.717, 1.165) is 11.4 Å². The average molecular weight is 444 g/mol. The summed E-state index contributed by atoms with van der Waals surface area (Å²) in [7, 11) is 0. The summed E-state index contributed by atoms with van der Waals surface area (Å²) in [5, 5.41) is 10.1. The van der Waals surface area contributed by atoms with Crippen molar-refractivity contribution in [1.29, 1.82) is 0 Å². The summed E-state index contributed by atoms with van der Waals surface area (Å²) in [4.78, 5) is 31.4. The van der Waals surface area contributed by atoms with Gasteiger partial charge in [-0.15, -0.1) is 0 Å². The van der Waals surface area contributed by atoms with Gasteiger partial charge in [-0.25, -0.2) is 4.90 Å². The molecule has 0 aliphatic carbocycles. The predicted molar refractivity (Wildman–Crippen MR) is 126 cm³/mol. The van der Waals surface area contributed by atoms with E-state index in [2.05, 4.69) is 9.80 Å². The van der Waals surface area contributed by atoms with Crippen LogP contribution in [0.3, 0.4) is 0 Å². The minimum atomic E-state index is -0.454. The van der Waals surface area contributed by atoms with Crippen LogP contribution in [0.4, 0.5) is 11.4 Å². The molecular weight excluding hydrogens is 418 g/mol. The number of carbonyl (C=O) groups excluding carboxylic acids is 2. The molecule has 0 spiro atoms. The van der Waals surface area contributed by atoms with Crippen LogP contribution in [-0.4, -0.2) is 54.0 Å². The fourth-order valence-corrected chi connectivity index (χ4v) is 4.47. The van der Waals surface area contributed by atoms with Crippen LogP contribution in [0.5, 0.6) is 17.2 Å². The standard InChI is InChI=1S/C26H25N3O4/c30-24-9-5-4-8-22(24)27-14-16-28(17-15-27)23-18-25(31)29(26(23)32)19-10-12-21(13-11-19)33-20-6-2-1-3-7-20/h1-13,23,30H,14-18H2/t23-/m1/s1. The molecular formula is C26H25N3O4. The number of piperazine rings is 1. The topological polar surface area (TPSA) is 73.3 Å². The highest BCUT2D eigenvalue weighted by molar-refractivity contribution is 6.22. The zero-order valence-corrected chi connectivity index (χ0v) is 18.1. The third-order valence-corrected chi connectivity index (χ3v) is 6.17. The maximum atomic E-state index is 13.2. The Morgan fingerprint density at radius 2 is 1.39 bits per heavy atom. The Morgan fingerprint density at radius 3 is 2.09 bits per heavy atom. The monoisotopic (exact) mass is 443 g/mol. The number of anilines is 2. The van der Waals surface area contributed by atoms with E-state index < -0.39 is 6.04 Å². The second-order valence-electron chi connectivity index (χ2n) is 8.21. The van der Waals surface area contributed by atoms with Crippen LogP contribution < -0.4 is 14.5 Å². The molecule has 168 valence electrons. The molecule has 2 amide bonds. The number of nitrogens with zero attached hydrogens (tertiary/aromatic N) is 3. The Kier molecular flexibility index (Phi) is 5.71. The minimum absolute atomic E-state index is 0.178. The van der Waals surface area contributed by atoms with Crippen molar-refractivity contribution in [2.45, 2.75) is 12.5 Å². The SMILES string of the molecule is O=C1C[C@@H](N2CCN(c3ccccc3O)CC2)C(=O)N1c1ccc(Oc2ccccc2)cc1. The second kappa shape index (κ2) is 8.96.